The van der Waals surface area contributed by atoms with Gasteiger partial charge in [-0.05, 0) is 19.8 Å². The number of nitrogens with one attached hydrogen (secondary N) is 2. The molecule has 0 saturated carbocycles. The Balaban J connectivity index is 2.30. The van der Waals surface area contributed by atoms with Crippen LogP contribution < -0.4 is 10.6 Å². The molecule has 1 fully saturated rings. The van der Waals surface area contributed by atoms with Gasteiger partial charge in [0, 0.05) is 12.6 Å². The van der Waals surface area contributed by atoms with Gasteiger partial charge < -0.3 is 15.4 Å². The molecule has 7 heteroatoms. The molecule has 94 valence electrons. The fraction of sp³-hybridized carbons (Fsp3) is 0.889. The normalized spacial score (nSPS) is 26.2. The molecule has 0 aromatic heterocycles. The first kappa shape index (κ1) is 13.1. The second kappa shape index (κ2) is 5.38. The highest BCUT2D eigenvalue weighted by Crippen LogP contribution is 2.26. The number of carbonyl (C=O) groups excluding carboxylic acids is 1. The van der Waals surface area contributed by atoms with E-state index in [1.54, 1.807) is 6.92 Å². The molecule has 0 spiro atoms. The zero-order chi connectivity index (χ0) is 12.2. The van der Waals surface area contributed by atoms with E-state index in [4.69, 9.17) is 0 Å². The van der Waals surface area contributed by atoms with Crippen molar-refractivity contribution in [2.45, 2.75) is 38.0 Å². The van der Waals surface area contributed by atoms with Gasteiger partial charge in [0.15, 0.2) is 0 Å². The summed E-state index contributed by atoms with van der Waals surface area (Å²) in [6.07, 6.45) is -4.52. The van der Waals surface area contributed by atoms with Crippen LogP contribution in [-0.4, -0.2) is 37.5 Å². The predicted octanol–water partition coefficient (Wildman–Crippen LogP) is 1.42. The third-order valence-corrected chi connectivity index (χ3v) is 2.41. The molecule has 0 bridgehead atoms. The van der Waals surface area contributed by atoms with Gasteiger partial charge in [0.05, 0.1) is 6.61 Å². The van der Waals surface area contributed by atoms with Crippen LogP contribution in [0.15, 0.2) is 0 Å². The van der Waals surface area contributed by atoms with Crippen LogP contribution in [0.1, 0.15) is 19.8 Å². The zero-order valence-corrected chi connectivity index (χ0v) is 8.93. The van der Waals surface area contributed by atoms with Crippen LogP contribution in [-0.2, 0) is 4.74 Å². The summed E-state index contributed by atoms with van der Waals surface area (Å²) in [7, 11) is 0. The highest BCUT2D eigenvalue weighted by molar-refractivity contribution is 5.67. The third kappa shape index (κ3) is 3.88. The van der Waals surface area contributed by atoms with Gasteiger partial charge in [-0.25, -0.2) is 4.79 Å². The lowest BCUT2D eigenvalue weighted by Crippen LogP contribution is -2.54. The molecule has 1 amide bonds. The molecule has 0 aliphatic carbocycles. The summed E-state index contributed by atoms with van der Waals surface area (Å²) in [6.45, 7) is 2.03. The molecular weight excluding hydrogens is 225 g/mol. The lowest BCUT2D eigenvalue weighted by Gasteiger charge is -2.31. The summed E-state index contributed by atoms with van der Waals surface area (Å²) in [5, 5.41) is 4.86. The molecule has 4 nitrogen and oxygen atoms in total. The van der Waals surface area contributed by atoms with Crippen LogP contribution in [0.3, 0.4) is 0 Å². The second-order valence-electron chi connectivity index (χ2n) is 3.64. The molecule has 16 heavy (non-hydrogen) atoms. The Labute approximate surface area is 91.5 Å². The first-order valence-corrected chi connectivity index (χ1v) is 5.17. The maximum atomic E-state index is 12.3. The standard InChI is InChI=1S/C9H15F3N2O2/c1-2-16-8(15)14-6-3-4-7(13-5-6)9(10,11)12/h6-7,13H,2-5H2,1H3,(H,14,15). The van der Waals surface area contributed by atoms with Gasteiger partial charge in [-0.3, -0.25) is 0 Å². The van der Waals surface area contributed by atoms with Crippen molar-refractivity contribution in [3.8, 4) is 0 Å². The molecular formula is C9H15F3N2O2. The molecule has 2 unspecified atom stereocenters. The lowest BCUT2D eigenvalue weighted by molar-refractivity contribution is -0.160. The summed E-state index contributed by atoms with van der Waals surface area (Å²) in [5.74, 6) is 0. The summed E-state index contributed by atoms with van der Waals surface area (Å²) < 4.78 is 41.5. The first-order chi connectivity index (χ1) is 7.43. The minimum absolute atomic E-state index is 0.0272. The fourth-order valence-corrected chi connectivity index (χ4v) is 1.60. The minimum atomic E-state index is -4.21. The van der Waals surface area contributed by atoms with Gasteiger partial charge in [0.1, 0.15) is 6.04 Å². The monoisotopic (exact) mass is 240 g/mol. The van der Waals surface area contributed by atoms with Gasteiger partial charge in [0.2, 0.25) is 0 Å². The lowest BCUT2D eigenvalue weighted by atomic mass is 10.0. The Morgan fingerprint density at radius 2 is 2.19 bits per heavy atom. The zero-order valence-electron chi connectivity index (χ0n) is 8.93. The number of hydrogen-bond donors (Lipinski definition) is 2. The average Bonchev–Trinajstić information content (AvgIpc) is 2.17. The maximum Gasteiger partial charge on any atom is 0.407 e. The van der Waals surface area contributed by atoms with Gasteiger partial charge >= 0.3 is 12.3 Å². The molecule has 0 radical (unpaired) electrons. The molecule has 1 rings (SSSR count). The van der Waals surface area contributed by atoms with Crippen molar-refractivity contribution in [3.63, 3.8) is 0 Å². The number of piperidine rings is 1. The van der Waals surface area contributed by atoms with Gasteiger partial charge in [-0.1, -0.05) is 0 Å². The number of amides is 1. The van der Waals surface area contributed by atoms with E-state index in [-0.39, 0.29) is 25.6 Å². The number of hydrogen-bond acceptors (Lipinski definition) is 3. The number of alkyl halides is 3. The van der Waals surface area contributed by atoms with Crippen LogP contribution in [0.5, 0.6) is 0 Å². The fourth-order valence-electron chi connectivity index (χ4n) is 1.60. The molecule has 1 aliphatic rings. The Kier molecular flexibility index (Phi) is 4.40. The molecule has 0 aromatic carbocycles. The van der Waals surface area contributed by atoms with E-state index < -0.39 is 18.3 Å². The minimum Gasteiger partial charge on any atom is -0.450 e. The second-order valence-corrected chi connectivity index (χ2v) is 3.64. The Morgan fingerprint density at radius 3 is 2.62 bits per heavy atom. The summed E-state index contributed by atoms with van der Waals surface area (Å²) in [6, 6.07) is -1.76. The van der Waals surface area contributed by atoms with Crippen molar-refractivity contribution in [3.05, 3.63) is 0 Å². The van der Waals surface area contributed by atoms with Crippen LogP contribution in [0, 0.1) is 0 Å². The highest BCUT2D eigenvalue weighted by Gasteiger charge is 2.41. The summed E-state index contributed by atoms with van der Waals surface area (Å²) >= 11 is 0. The topological polar surface area (TPSA) is 50.4 Å². The van der Waals surface area contributed by atoms with Crippen molar-refractivity contribution >= 4 is 6.09 Å². The number of ether oxygens (including phenoxy) is 1. The number of carbonyl (C=O) groups is 1. The largest absolute Gasteiger partial charge is 0.450 e. The van der Waals surface area contributed by atoms with Crippen LogP contribution in [0.4, 0.5) is 18.0 Å². The Bertz CT molecular complexity index is 237. The number of rotatable bonds is 2. The van der Waals surface area contributed by atoms with Crippen LogP contribution in [0.25, 0.3) is 0 Å². The highest BCUT2D eigenvalue weighted by atomic mass is 19.4. The Morgan fingerprint density at radius 1 is 1.50 bits per heavy atom. The van der Waals surface area contributed by atoms with E-state index in [1.807, 2.05) is 0 Å². The maximum absolute atomic E-state index is 12.3. The van der Waals surface area contributed by atoms with E-state index in [2.05, 4.69) is 15.4 Å². The van der Waals surface area contributed by atoms with Crippen molar-refractivity contribution in [1.29, 1.82) is 0 Å². The predicted molar refractivity (Wildman–Crippen MR) is 51.0 cm³/mol. The molecule has 1 aliphatic heterocycles. The van der Waals surface area contributed by atoms with Crippen molar-refractivity contribution in [2.75, 3.05) is 13.2 Å². The SMILES string of the molecule is CCOC(=O)NC1CCC(C(F)(F)F)NC1. The van der Waals surface area contributed by atoms with E-state index in [0.717, 1.165) is 0 Å². The van der Waals surface area contributed by atoms with Crippen molar-refractivity contribution in [2.24, 2.45) is 0 Å². The number of halogens is 3. The van der Waals surface area contributed by atoms with E-state index in [1.165, 1.54) is 0 Å². The third-order valence-electron chi connectivity index (χ3n) is 2.41. The Hall–Kier alpha value is -0.980. The van der Waals surface area contributed by atoms with E-state index >= 15 is 0 Å². The van der Waals surface area contributed by atoms with Crippen LogP contribution >= 0.6 is 0 Å². The molecule has 1 saturated heterocycles. The van der Waals surface area contributed by atoms with Crippen molar-refractivity contribution < 1.29 is 22.7 Å². The van der Waals surface area contributed by atoms with Gasteiger partial charge in [0.25, 0.3) is 0 Å². The molecule has 2 atom stereocenters. The number of alkyl carbamates (subject to hydrolysis) is 1. The van der Waals surface area contributed by atoms with E-state index in [9.17, 15) is 18.0 Å². The smallest absolute Gasteiger partial charge is 0.407 e. The first-order valence-electron chi connectivity index (χ1n) is 5.17. The summed E-state index contributed by atoms with van der Waals surface area (Å²) in [5.41, 5.74) is 0. The molecule has 0 aromatic rings. The van der Waals surface area contributed by atoms with Gasteiger partial charge in [-0.15, -0.1) is 0 Å². The van der Waals surface area contributed by atoms with Crippen molar-refractivity contribution in [1.82, 2.24) is 10.6 Å². The van der Waals surface area contributed by atoms with E-state index in [0.29, 0.717) is 6.42 Å². The molecule has 1 heterocycles. The van der Waals surface area contributed by atoms with Crippen LogP contribution in [0.2, 0.25) is 0 Å². The quantitative estimate of drug-likeness (QED) is 0.767. The average molecular weight is 240 g/mol. The van der Waals surface area contributed by atoms with Gasteiger partial charge in [-0.2, -0.15) is 13.2 Å². The summed E-state index contributed by atoms with van der Waals surface area (Å²) in [4.78, 5) is 11.0. The molecule has 2 N–H and O–H groups in total.